The quantitative estimate of drug-likeness (QED) is 0.350. The van der Waals surface area contributed by atoms with Crippen LogP contribution >= 0.6 is 12.2 Å². The molecular formula is C28H29N3O2S. The van der Waals surface area contributed by atoms with Gasteiger partial charge in [-0.1, -0.05) is 60.7 Å². The zero-order chi connectivity index (χ0) is 24.1. The van der Waals surface area contributed by atoms with E-state index in [1.165, 1.54) is 0 Å². The minimum atomic E-state index is -0.0968. The molecule has 6 heteroatoms. The summed E-state index contributed by atoms with van der Waals surface area (Å²) in [5.41, 5.74) is 4.71. The maximum absolute atomic E-state index is 13.0. The molecule has 0 radical (unpaired) electrons. The van der Waals surface area contributed by atoms with Gasteiger partial charge in [-0.3, -0.25) is 4.79 Å². The van der Waals surface area contributed by atoms with Crippen molar-refractivity contribution in [1.82, 2.24) is 15.2 Å². The minimum Gasteiger partial charge on any atom is -0.497 e. The van der Waals surface area contributed by atoms with Gasteiger partial charge in [0.2, 0.25) is 0 Å². The first-order valence-electron chi connectivity index (χ1n) is 11.3. The van der Waals surface area contributed by atoms with Gasteiger partial charge in [0.25, 0.3) is 5.56 Å². The second-order valence-corrected chi connectivity index (χ2v) is 8.84. The lowest BCUT2D eigenvalue weighted by atomic mass is 10.1. The van der Waals surface area contributed by atoms with Crippen molar-refractivity contribution in [2.45, 2.75) is 33.0 Å². The van der Waals surface area contributed by atoms with Gasteiger partial charge in [-0.15, -0.1) is 0 Å². The normalized spacial score (nSPS) is 11.7. The topological polar surface area (TPSA) is 57.4 Å². The highest BCUT2D eigenvalue weighted by Gasteiger charge is 2.17. The first-order chi connectivity index (χ1) is 16.4. The van der Waals surface area contributed by atoms with E-state index in [-0.39, 0.29) is 11.6 Å². The lowest BCUT2D eigenvalue weighted by Gasteiger charge is -2.28. The average Bonchev–Trinajstić information content (AvgIpc) is 2.85. The minimum absolute atomic E-state index is 0.0320. The second kappa shape index (κ2) is 10.5. The van der Waals surface area contributed by atoms with Gasteiger partial charge in [0.15, 0.2) is 5.11 Å². The third kappa shape index (κ3) is 5.46. The molecule has 34 heavy (non-hydrogen) atoms. The molecule has 0 aliphatic carbocycles. The van der Waals surface area contributed by atoms with Crippen molar-refractivity contribution in [1.29, 1.82) is 0 Å². The number of hydrogen-bond acceptors (Lipinski definition) is 3. The molecule has 174 valence electrons. The summed E-state index contributed by atoms with van der Waals surface area (Å²) < 4.78 is 5.29. The molecule has 1 heterocycles. The maximum Gasteiger partial charge on any atom is 0.253 e. The summed E-state index contributed by atoms with van der Waals surface area (Å²) in [4.78, 5) is 18.0. The van der Waals surface area contributed by atoms with Crippen LogP contribution in [0.15, 0.2) is 83.7 Å². The molecule has 0 bridgehead atoms. The van der Waals surface area contributed by atoms with Gasteiger partial charge in [-0.05, 0) is 66.3 Å². The van der Waals surface area contributed by atoms with Crippen molar-refractivity contribution in [2.24, 2.45) is 0 Å². The number of pyridine rings is 1. The summed E-state index contributed by atoms with van der Waals surface area (Å²) in [6.07, 6.45) is 0. The number of nitrogens with zero attached hydrogens (tertiary/aromatic N) is 1. The molecule has 0 spiro atoms. The summed E-state index contributed by atoms with van der Waals surface area (Å²) in [6, 6.07) is 26.1. The number of hydrogen-bond donors (Lipinski definition) is 2. The van der Waals surface area contributed by atoms with Gasteiger partial charge in [0, 0.05) is 12.1 Å². The lowest BCUT2D eigenvalue weighted by Crippen LogP contribution is -2.41. The molecule has 1 aromatic heterocycles. The van der Waals surface area contributed by atoms with Gasteiger partial charge < -0.3 is 19.9 Å². The predicted molar refractivity (Wildman–Crippen MR) is 142 cm³/mol. The van der Waals surface area contributed by atoms with Crippen LogP contribution < -0.4 is 15.6 Å². The molecule has 4 aromatic rings. The Labute approximate surface area is 205 Å². The Bertz CT molecular complexity index is 1330. The number of thiocarbonyl (C=S) groups is 1. The monoisotopic (exact) mass is 471 g/mol. The molecule has 0 amide bonds. The van der Waals surface area contributed by atoms with Crippen molar-refractivity contribution >= 4 is 28.2 Å². The van der Waals surface area contributed by atoms with Crippen LogP contribution in [0.25, 0.3) is 10.9 Å². The van der Waals surface area contributed by atoms with Crippen molar-refractivity contribution in [3.05, 3.63) is 111 Å². The van der Waals surface area contributed by atoms with Crippen LogP contribution in [-0.4, -0.2) is 22.1 Å². The zero-order valence-corrected chi connectivity index (χ0v) is 20.5. The van der Waals surface area contributed by atoms with Crippen molar-refractivity contribution in [2.75, 3.05) is 7.11 Å². The molecule has 2 N–H and O–H groups in total. The van der Waals surface area contributed by atoms with Gasteiger partial charge in [-0.2, -0.15) is 0 Å². The first-order valence-corrected chi connectivity index (χ1v) is 11.7. The summed E-state index contributed by atoms with van der Waals surface area (Å²) in [5, 5.41) is 5.05. The number of rotatable bonds is 7. The van der Waals surface area contributed by atoms with E-state index in [9.17, 15) is 4.79 Å². The van der Waals surface area contributed by atoms with Crippen LogP contribution in [0.4, 0.5) is 0 Å². The van der Waals surface area contributed by atoms with E-state index < -0.39 is 0 Å². The predicted octanol–water partition coefficient (Wildman–Crippen LogP) is 5.48. The highest BCUT2D eigenvalue weighted by atomic mass is 32.1. The molecule has 0 fully saturated rings. The second-order valence-electron chi connectivity index (χ2n) is 8.45. The average molecular weight is 472 g/mol. The van der Waals surface area contributed by atoms with Crippen LogP contribution in [0.1, 0.15) is 35.2 Å². The zero-order valence-electron chi connectivity index (χ0n) is 19.7. The molecule has 0 aliphatic heterocycles. The van der Waals surface area contributed by atoms with E-state index in [1.54, 1.807) is 7.11 Å². The van der Waals surface area contributed by atoms with E-state index in [0.717, 1.165) is 33.3 Å². The Morgan fingerprint density at radius 3 is 2.47 bits per heavy atom. The molecule has 5 nitrogen and oxygen atoms in total. The number of nitrogens with one attached hydrogen (secondary N) is 2. The van der Waals surface area contributed by atoms with E-state index >= 15 is 0 Å². The molecule has 1 unspecified atom stereocenters. The van der Waals surface area contributed by atoms with Crippen molar-refractivity contribution in [3.8, 4) is 5.75 Å². The molecule has 0 aliphatic rings. The third-order valence-electron chi connectivity index (χ3n) is 5.99. The summed E-state index contributed by atoms with van der Waals surface area (Å²) in [6.45, 7) is 5.03. The highest BCUT2D eigenvalue weighted by Crippen LogP contribution is 2.19. The van der Waals surface area contributed by atoms with Gasteiger partial charge in [-0.25, -0.2) is 0 Å². The Morgan fingerprint density at radius 2 is 1.76 bits per heavy atom. The Balaban J connectivity index is 1.62. The number of methoxy groups -OCH3 is 1. The van der Waals surface area contributed by atoms with Crippen LogP contribution in [0, 0.1) is 6.92 Å². The number of aromatic amines is 1. The number of ether oxygens (including phenoxy) is 1. The molecule has 0 saturated carbocycles. The fraction of sp³-hybridized carbons (Fsp3) is 0.214. The number of para-hydroxylation sites is 1. The van der Waals surface area contributed by atoms with Crippen LogP contribution in [-0.2, 0) is 13.1 Å². The van der Waals surface area contributed by atoms with Crippen LogP contribution in [0.3, 0.4) is 0 Å². The standard InChI is InChI=1S/C28H29N3O2S/c1-19-8-7-11-23-16-24(27(32)30-26(19)23)18-31(17-21-12-14-25(33-3)15-13-21)28(34)29-20(2)22-9-5-4-6-10-22/h4-16,20H,17-18H2,1-3H3,(H,29,34)(H,30,32). The van der Waals surface area contributed by atoms with Crippen LogP contribution in [0.5, 0.6) is 5.75 Å². The Hall–Kier alpha value is -3.64. The first kappa shape index (κ1) is 23.5. The van der Waals surface area contributed by atoms with Crippen molar-refractivity contribution in [3.63, 3.8) is 0 Å². The summed E-state index contributed by atoms with van der Waals surface area (Å²) in [7, 11) is 1.65. The largest absolute Gasteiger partial charge is 0.497 e. The number of benzene rings is 3. The molecule has 1 atom stereocenters. The fourth-order valence-electron chi connectivity index (χ4n) is 4.00. The smallest absolute Gasteiger partial charge is 0.253 e. The Morgan fingerprint density at radius 1 is 1.03 bits per heavy atom. The van der Waals surface area contributed by atoms with E-state index in [0.29, 0.717) is 23.8 Å². The van der Waals surface area contributed by atoms with Crippen LogP contribution in [0.2, 0.25) is 0 Å². The van der Waals surface area contributed by atoms with Gasteiger partial charge in [0.1, 0.15) is 5.75 Å². The molecule has 4 rings (SSSR count). The number of fused-ring (bicyclic) bond motifs is 1. The van der Waals surface area contributed by atoms with Crippen molar-refractivity contribution < 1.29 is 4.74 Å². The number of aryl methyl sites for hydroxylation is 1. The third-order valence-corrected chi connectivity index (χ3v) is 6.36. The number of aromatic nitrogens is 1. The Kier molecular flexibility index (Phi) is 7.28. The molecule has 0 saturated heterocycles. The maximum atomic E-state index is 13.0. The molecule has 3 aromatic carbocycles. The van der Waals surface area contributed by atoms with E-state index in [4.69, 9.17) is 17.0 Å². The van der Waals surface area contributed by atoms with Gasteiger partial charge >= 0.3 is 0 Å². The summed E-state index contributed by atoms with van der Waals surface area (Å²) in [5.74, 6) is 0.801. The summed E-state index contributed by atoms with van der Waals surface area (Å²) >= 11 is 5.84. The highest BCUT2D eigenvalue weighted by molar-refractivity contribution is 7.80. The van der Waals surface area contributed by atoms with E-state index in [1.807, 2.05) is 78.6 Å². The lowest BCUT2D eigenvalue weighted by molar-refractivity contribution is 0.390. The number of H-pyrrole nitrogens is 1. The SMILES string of the molecule is COc1ccc(CN(Cc2cc3cccc(C)c3[nH]c2=O)C(=S)NC(C)c2ccccc2)cc1. The molecular weight excluding hydrogens is 442 g/mol. The van der Waals surface area contributed by atoms with E-state index in [2.05, 4.69) is 29.4 Å². The van der Waals surface area contributed by atoms with Gasteiger partial charge in [0.05, 0.1) is 25.2 Å². The fourth-order valence-corrected chi connectivity index (χ4v) is 4.31.